The summed E-state index contributed by atoms with van der Waals surface area (Å²) in [5.41, 5.74) is 2.18. The van der Waals surface area contributed by atoms with Crippen LogP contribution < -0.4 is 5.43 Å². The lowest BCUT2D eigenvalue weighted by atomic mass is 9.98. The van der Waals surface area contributed by atoms with Gasteiger partial charge in [-0.3, -0.25) is 0 Å². The molecule has 0 aromatic carbocycles. The summed E-state index contributed by atoms with van der Waals surface area (Å²) in [5, 5.41) is 5.69. The van der Waals surface area contributed by atoms with Crippen molar-refractivity contribution in [1.29, 1.82) is 0 Å². The van der Waals surface area contributed by atoms with Gasteiger partial charge < -0.3 is 9.57 Å². The van der Waals surface area contributed by atoms with E-state index < -0.39 is 17.1 Å². The van der Waals surface area contributed by atoms with E-state index in [4.69, 9.17) is 9.57 Å². The van der Waals surface area contributed by atoms with Crippen LogP contribution in [-0.4, -0.2) is 41.5 Å². The molecule has 0 unspecified atom stereocenters. The van der Waals surface area contributed by atoms with Crippen LogP contribution in [0.25, 0.3) is 0 Å². The van der Waals surface area contributed by atoms with Gasteiger partial charge in [-0.15, -0.1) is 5.06 Å². The number of nitrogens with zero attached hydrogens (tertiary/aromatic N) is 2. The number of hydrogen-bond donors (Lipinski definition) is 1. The van der Waals surface area contributed by atoms with Crippen LogP contribution in [0.2, 0.25) is 0 Å². The summed E-state index contributed by atoms with van der Waals surface area (Å²) in [6.45, 7) is 12.0. The predicted octanol–water partition coefficient (Wildman–Crippen LogP) is 2.47. The predicted molar refractivity (Wildman–Crippen MR) is 83.2 cm³/mol. The maximum Gasteiger partial charge on any atom is 0.428 e. The van der Waals surface area contributed by atoms with Crippen LogP contribution in [0.4, 0.5) is 4.79 Å². The summed E-state index contributed by atoms with van der Waals surface area (Å²) >= 11 is 0. The highest BCUT2D eigenvalue weighted by molar-refractivity contribution is 5.86. The summed E-state index contributed by atoms with van der Waals surface area (Å²) in [7, 11) is 0. The fraction of sp³-hybridized carbons (Fsp3) is 0.800. The molecule has 0 aromatic rings. The van der Waals surface area contributed by atoms with E-state index in [2.05, 4.69) is 10.5 Å². The number of amides is 1. The molecule has 0 radical (unpaired) electrons. The summed E-state index contributed by atoms with van der Waals surface area (Å²) in [4.78, 5) is 28.6. The van der Waals surface area contributed by atoms with Crippen LogP contribution in [0.5, 0.6) is 0 Å². The number of piperidine rings is 1. The first kappa shape index (κ1) is 18.4. The number of carbonyl (C=O) groups excluding carboxylic acids is 2. The van der Waals surface area contributed by atoms with E-state index >= 15 is 0 Å². The fourth-order valence-corrected chi connectivity index (χ4v) is 1.63. The summed E-state index contributed by atoms with van der Waals surface area (Å²) in [5.74, 6) is -0.250. The minimum Gasteiger partial charge on any atom is -0.443 e. The Kier molecular flexibility index (Phi) is 5.93. The largest absolute Gasteiger partial charge is 0.443 e. The highest BCUT2D eigenvalue weighted by atomic mass is 16.7. The number of hydrogen-bond acceptors (Lipinski definition) is 6. The molecule has 1 aliphatic rings. The Morgan fingerprint density at radius 2 is 1.64 bits per heavy atom. The molecule has 1 saturated heterocycles. The number of carbonyl (C=O) groups is 2. The zero-order valence-corrected chi connectivity index (χ0v) is 14.4. The summed E-state index contributed by atoms with van der Waals surface area (Å²) in [6.07, 6.45) is 0.696. The first-order valence-electron chi connectivity index (χ1n) is 7.49. The standard InChI is InChI=1S/C15H27N3O4/c1-14(2,3)12(19)22-18-9-7-11(8-10-18)16-17-13(20)21-15(4,5)6/h7-10H2,1-6H3,(H,17,20). The number of rotatable bonds is 2. The molecule has 0 saturated carbocycles. The lowest BCUT2D eigenvalue weighted by molar-refractivity contribution is -0.200. The molecule has 1 fully saturated rings. The molecule has 0 bridgehead atoms. The Hall–Kier alpha value is -1.63. The highest BCUT2D eigenvalue weighted by Gasteiger charge is 2.27. The van der Waals surface area contributed by atoms with E-state index in [0.717, 1.165) is 5.71 Å². The van der Waals surface area contributed by atoms with E-state index in [1.54, 1.807) is 25.8 Å². The topological polar surface area (TPSA) is 80.2 Å². The van der Waals surface area contributed by atoms with Crippen molar-refractivity contribution in [3.63, 3.8) is 0 Å². The van der Waals surface area contributed by atoms with Gasteiger partial charge in [0.05, 0.1) is 5.41 Å². The first-order chi connectivity index (χ1) is 9.97. The van der Waals surface area contributed by atoms with Gasteiger partial charge in [0.2, 0.25) is 0 Å². The van der Waals surface area contributed by atoms with E-state index in [0.29, 0.717) is 25.9 Å². The number of hydroxylamine groups is 2. The second kappa shape index (κ2) is 7.09. The molecule has 7 nitrogen and oxygen atoms in total. The molecule has 0 spiro atoms. The Labute approximate surface area is 132 Å². The third-order valence-electron chi connectivity index (χ3n) is 2.83. The molecule has 1 amide bonds. The molecule has 0 aliphatic carbocycles. The van der Waals surface area contributed by atoms with Gasteiger partial charge in [-0.1, -0.05) is 0 Å². The van der Waals surface area contributed by atoms with Gasteiger partial charge in [-0.05, 0) is 41.5 Å². The van der Waals surface area contributed by atoms with Crippen LogP contribution in [0.3, 0.4) is 0 Å². The van der Waals surface area contributed by atoms with E-state index in [1.807, 2.05) is 20.8 Å². The van der Waals surface area contributed by atoms with Gasteiger partial charge in [-0.2, -0.15) is 5.10 Å². The fourth-order valence-electron chi connectivity index (χ4n) is 1.63. The van der Waals surface area contributed by atoms with Crippen molar-refractivity contribution in [1.82, 2.24) is 10.5 Å². The molecule has 1 aliphatic heterocycles. The number of ether oxygens (including phenoxy) is 1. The van der Waals surface area contributed by atoms with Gasteiger partial charge in [0.25, 0.3) is 0 Å². The van der Waals surface area contributed by atoms with Gasteiger partial charge in [0.1, 0.15) is 5.60 Å². The Bertz CT molecular complexity index is 437. The maximum absolute atomic E-state index is 11.8. The van der Waals surface area contributed by atoms with Crippen molar-refractivity contribution in [3.8, 4) is 0 Å². The third-order valence-corrected chi connectivity index (χ3v) is 2.83. The molecule has 126 valence electrons. The number of nitrogens with one attached hydrogen (secondary N) is 1. The molecule has 0 aromatic heterocycles. The van der Waals surface area contributed by atoms with Crippen LogP contribution in [0, 0.1) is 5.41 Å². The molecule has 1 heterocycles. The van der Waals surface area contributed by atoms with Crippen LogP contribution in [-0.2, 0) is 14.4 Å². The second-order valence-corrected chi connectivity index (χ2v) is 7.35. The molecular weight excluding hydrogens is 286 g/mol. The minimum absolute atomic E-state index is 0.250. The molecule has 22 heavy (non-hydrogen) atoms. The Morgan fingerprint density at radius 1 is 1.09 bits per heavy atom. The van der Waals surface area contributed by atoms with E-state index in [-0.39, 0.29) is 5.97 Å². The van der Waals surface area contributed by atoms with Crippen molar-refractivity contribution in [2.45, 2.75) is 60.0 Å². The lowest BCUT2D eigenvalue weighted by Gasteiger charge is -2.28. The summed E-state index contributed by atoms with van der Waals surface area (Å²) in [6, 6.07) is 0. The van der Waals surface area contributed by atoms with Crippen molar-refractivity contribution < 1.29 is 19.2 Å². The summed E-state index contributed by atoms with van der Waals surface area (Å²) < 4.78 is 5.10. The molecular formula is C15H27N3O4. The first-order valence-corrected chi connectivity index (χ1v) is 7.49. The lowest BCUT2D eigenvalue weighted by Crippen LogP contribution is -2.39. The minimum atomic E-state index is -0.568. The van der Waals surface area contributed by atoms with E-state index in [9.17, 15) is 9.59 Å². The smallest absolute Gasteiger partial charge is 0.428 e. The zero-order chi connectivity index (χ0) is 17.0. The average Bonchev–Trinajstić information content (AvgIpc) is 2.34. The highest BCUT2D eigenvalue weighted by Crippen LogP contribution is 2.18. The van der Waals surface area contributed by atoms with Gasteiger partial charge in [-0.25, -0.2) is 15.0 Å². The monoisotopic (exact) mass is 313 g/mol. The van der Waals surface area contributed by atoms with Crippen LogP contribution in [0.1, 0.15) is 54.4 Å². The van der Waals surface area contributed by atoms with Crippen molar-refractivity contribution in [2.75, 3.05) is 13.1 Å². The Balaban J connectivity index is 2.37. The maximum atomic E-state index is 11.8. The third kappa shape index (κ3) is 6.89. The normalized spacial score (nSPS) is 16.9. The van der Waals surface area contributed by atoms with Crippen LogP contribution >= 0.6 is 0 Å². The average molecular weight is 313 g/mol. The quantitative estimate of drug-likeness (QED) is 0.792. The Morgan fingerprint density at radius 3 is 2.09 bits per heavy atom. The molecule has 0 atom stereocenters. The molecule has 1 rings (SSSR count). The zero-order valence-electron chi connectivity index (χ0n) is 14.4. The van der Waals surface area contributed by atoms with Crippen LogP contribution in [0.15, 0.2) is 5.10 Å². The SMILES string of the molecule is CC(C)(C)OC(=O)NN=C1CCN(OC(=O)C(C)(C)C)CC1. The molecule has 7 heteroatoms. The van der Waals surface area contributed by atoms with Gasteiger partial charge in [0.15, 0.2) is 0 Å². The van der Waals surface area contributed by atoms with Gasteiger partial charge >= 0.3 is 12.1 Å². The van der Waals surface area contributed by atoms with Gasteiger partial charge in [0, 0.05) is 31.6 Å². The van der Waals surface area contributed by atoms with Crippen molar-refractivity contribution in [3.05, 3.63) is 0 Å². The molecule has 1 N–H and O–H groups in total. The van der Waals surface area contributed by atoms with Crippen molar-refractivity contribution in [2.24, 2.45) is 10.5 Å². The second-order valence-electron chi connectivity index (χ2n) is 7.35. The van der Waals surface area contributed by atoms with Crippen molar-refractivity contribution >= 4 is 17.8 Å². The number of hydrazone groups is 1. The van der Waals surface area contributed by atoms with E-state index in [1.165, 1.54) is 0 Å².